The van der Waals surface area contributed by atoms with Crippen LogP contribution in [-0.2, 0) is 4.79 Å². The summed E-state index contributed by atoms with van der Waals surface area (Å²) >= 11 is 3.41. The first-order chi connectivity index (χ1) is 9.45. The molecule has 1 atom stereocenters. The number of alkyl halides is 1. The van der Waals surface area contributed by atoms with E-state index in [2.05, 4.69) is 15.9 Å². The molecule has 20 heavy (non-hydrogen) atoms. The summed E-state index contributed by atoms with van der Waals surface area (Å²) in [4.78, 5) is 13.6. The van der Waals surface area contributed by atoms with Crippen LogP contribution >= 0.6 is 15.9 Å². The second kappa shape index (κ2) is 8.15. The van der Waals surface area contributed by atoms with Crippen molar-refractivity contribution in [3.05, 3.63) is 24.3 Å². The Labute approximate surface area is 129 Å². The summed E-state index contributed by atoms with van der Waals surface area (Å²) in [6.07, 6.45) is 0. The number of likely N-dealkylation sites (N-methyl/N-ethyl adjacent to an activating group) is 1. The molecule has 1 rings (SSSR count). The van der Waals surface area contributed by atoms with E-state index in [9.17, 15) is 4.79 Å². The Hall–Kier alpha value is -1.23. The number of benzene rings is 1. The maximum absolute atomic E-state index is 12.0. The van der Waals surface area contributed by atoms with E-state index in [0.717, 1.165) is 11.5 Å². The highest BCUT2D eigenvalue weighted by Crippen LogP contribution is 2.17. The second-order valence-electron chi connectivity index (χ2n) is 4.93. The molecule has 112 valence electrons. The Morgan fingerprint density at radius 2 is 1.80 bits per heavy atom. The minimum atomic E-state index is -0.145. The standard InChI is InChI=1S/C15H22BrNO3/c1-11(2)14(16)15(18)17(3)9-10-20-13-7-5-12(19-4)6-8-13/h5-8,11,14H,9-10H2,1-4H3. The van der Waals surface area contributed by atoms with Gasteiger partial charge in [0.25, 0.3) is 0 Å². The lowest BCUT2D eigenvalue weighted by atomic mass is 10.1. The summed E-state index contributed by atoms with van der Waals surface area (Å²) in [7, 11) is 3.41. The molecule has 0 saturated heterocycles. The number of ether oxygens (including phenoxy) is 2. The fourth-order valence-corrected chi connectivity index (χ4v) is 1.93. The minimum Gasteiger partial charge on any atom is -0.497 e. The lowest BCUT2D eigenvalue weighted by Crippen LogP contribution is -2.38. The van der Waals surface area contributed by atoms with Crippen molar-refractivity contribution in [2.75, 3.05) is 27.3 Å². The monoisotopic (exact) mass is 343 g/mol. The topological polar surface area (TPSA) is 38.8 Å². The van der Waals surface area contributed by atoms with E-state index in [0.29, 0.717) is 13.2 Å². The fraction of sp³-hybridized carbons (Fsp3) is 0.533. The summed E-state index contributed by atoms with van der Waals surface area (Å²) in [5.41, 5.74) is 0. The molecule has 1 aromatic rings. The third kappa shape index (κ3) is 5.04. The number of nitrogens with zero attached hydrogens (tertiary/aromatic N) is 1. The Kier molecular flexibility index (Phi) is 6.85. The molecule has 0 heterocycles. The van der Waals surface area contributed by atoms with Gasteiger partial charge in [-0.3, -0.25) is 4.79 Å². The van der Waals surface area contributed by atoms with Crippen molar-refractivity contribution in [2.45, 2.75) is 18.7 Å². The van der Waals surface area contributed by atoms with Crippen molar-refractivity contribution in [1.82, 2.24) is 4.90 Å². The van der Waals surface area contributed by atoms with Crippen LogP contribution in [0.2, 0.25) is 0 Å². The first-order valence-corrected chi connectivity index (χ1v) is 7.53. The van der Waals surface area contributed by atoms with Crippen LogP contribution in [0.25, 0.3) is 0 Å². The molecule has 0 saturated carbocycles. The Morgan fingerprint density at radius 1 is 1.25 bits per heavy atom. The van der Waals surface area contributed by atoms with Crippen LogP contribution in [0.3, 0.4) is 0 Å². The predicted molar refractivity (Wildman–Crippen MR) is 83.7 cm³/mol. The van der Waals surface area contributed by atoms with Gasteiger partial charge in [-0.05, 0) is 30.2 Å². The van der Waals surface area contributed by atoms with Crippen molar-refractivity contribution in [3.63, 3.8) is 0 Å². The summed E-state index contributed by atoms with van der Waals surface area (Å²) in [5.74, 6) is 1.92. The number of carbonyl (C=O) groups is 1. The summed E-state index contributed by atoms with van der Waals surface area (Å²) in [6, 6.07) is 7.39. The third-order valence-electron chi connectivity index (χ3n) is 2.95. The molecular formula is C15H22BrNO3. The van der Waals surface area contributed by atoms with Crippen LogP contribution in [-0.4, -0.2) is 42.9 Å². The van der Waals surface area contributed by atoms with Crippen LogP contribution in [0.4, 0.5) is 0 Å². The zero-order valence-electron chi connectivity index (χ0n) is 12.4. The Bertz CT molecular complexity index is 420. The average Bonchev–Trinajstić information content (AvgIpc) is 2.46. The number of hydrogen-bond donors (Lipinski definition) is 0. The summed E-state index contributed by atoms with van der Waals surface area (Å²) in [6.45, 7) is 5.05. The number of halogens is 1. The number of rotatable bonds is 7. The van der Waals surface area contributed by atoms with Gasteiger partial charge in [-0.25, -0.2) is 0 Å². The molecule has 0 fully saturated rings. The summed E-state index contributed by atoms with van der Waals surface area (Å²) in [5, 5.41) is 0. The molecule has 0 aliphatic carbocycles. The van der Waals surface area contributed by atoms with Crippen molar-refractivity contribution >= 4 is 21.8 Å². The van der Waals surface area contributed by atoms with Gasteiger partial charge in [-0.15, -0.1) is 0 Å². The van der Waals surface area contributed by atoms with Gasteiger partial charge >= 0.3 is 0 Å². The average molecular weight is 344 g/mol. The van der Waals surface area contributed by atoms with E-state index in [4.69, 9.17) is 9.47 Å². The van der Waals surface area contributed by atoms with Crippen molar-refractivity contribution in [3.8, 4) is 11.5 Å². The van der Waals surface area contributed by atoms with Crippen LogP contribution < -0.4 is 9.47 Å². The van der Waals surface area contributed by atoms with E-state index in [-0.39, 0.29) is 16.7 Å². The molecule has 1 aromatic carbocycles. The lowest BCUT2D eigenvalue weighted by molar-refractivity contribution is -0.130. The van der Waals surface area contributed by atoms with Gasteiger partial charge in [0.15, 0.2) is 0 Å². The molecule has 0 radical (unpaired) electrons. The molecule has 0 aromatic heterocycles. The van der Waals surface area contributed by atoms with E-state index >= 15 is 0 Å². The minimum absolute atomic E-state index is 0.0818. The SMILES string of the molecule is COc1ccc(OCCN(C)C(=O)C(Br)C(C)C)cc1. The molecule has 0 aliphatic heterocycles. The van der Waals surface area contributed by atoms with E-state index < -0.39 is 0 Å². The second-order valence-corrected chi connectivity index (χ2v) is 5.92. The number of amides is 1. The normalized spacial score (nSPS) is 12.1. The van der Waals surface area contributed by atoms with Gasteiger partial charge in [-0.2, -0.15) is 0 Å². The molecule has 1 unspecified atom stereocenters. The fourth-order valence-electron chi connectivity index (χ4n) is 1.58. The largest absolute Gasteiger partial charge is 0.497 e. The zero-order valence-corrected chi connectivity index (χ0v) is 14.0. The molecule has 0 aliphatic rings. The third-order valence-corrected chi connectivity index (χ3v) is 4.40. The van der Waals surface area contributed by atoms with E-state index in [1.54, 1.807) is 19.1 Å². The molecule has 0 bridgehead atoms. The molecule has 0 spiro atoms. The van der Waals surface area contributed by atoms with Crippen molar-refractivity contribution in [2.24, 2.45) is 5.92 Å². The molecule has 0 N–H and O–H groups in total. The van der Waals surface area contributed by atoms with Crippen LogP contribution in [0.15, 0.2) is 24.3 Å². The Morgan fingerprint density at radius 3 is 2.30 bits per heavy atom. The zero-order chi connectivity index (χ0) is 15.1. The Balaban J connectivity index is 2.37. The summed E-state index contributed by atoms with van der Waals surface area (Å²) < 4.78 is 10.7. The van der Waals surface area contributed by atoms with Crippen LogP contribution in [0.5, 0.6) is 11.5 Å². The molecular weight excluding hydrogens is 322 g/mol. The number of methoxy groups -OCH3 is 1. The highest BCUT2D eigenvalue weighted by atomic mass is 79.9. The van der Waals surface area contributed by atoms with E-state index in [1.807, 2.05) is 38.1 Å². The molecule has 4 nitrogen and oxygen atoms in total. The highest BCUT2D eigenvalue weighted by Gasteiger charge is 2.21. The van der Waals surface area contributed by atoms with Crippen LogP contribution in [0, 0.1) is 5.92 Å². The van der Waals surface area contributed by atoms with Gasteiger partial charge in [0.1, 0.15) is 18.1 Å². The predicted octanol–water partition coefficient (Wildman–Crippen LogP) is 2.95. The molecule has 5 heteroatoms. The van der Waals surface area contributed by atoms with Crippen molar-refractivity contribution in [1.29, 1.82) is 0 Å². The number of hydrogen-bond acceptors (Lipinski definition) is 3. The quantitative estimate of drug-likeness (QED) is 0.714. The molecule has 1 amide bonds. The lowest BCUT2D eigenvalue weighted by Gasteiger charge is -2.22. The van der Waals surface area contributed by atoms with Crippen LogP contribution in [0.1, 0.15) is 13.8 Å². The van der Waals surface area contributed by atoms with Gasteiger partial charge in [0, 0.05) is 7.05 Å². The van der Waals surface area contributed by atoms with Crippen molar-refractivity contribution < 1.29 is 14.3 Å². The van der Waals surface area contributed by atoms with Gasteiger partial charge in [0.2, 0.25) is 5.91 Å². The highest BCUT2D eigenvalue weighted by molar-refractivity contribution is 9.10. The maximum atomic E-state index is 12.0. The first kappa shape index (κ1) is 16.8. The van der Waals surface area contributed by atoms with Gasteiger partial charge in [0.05, 0.1) is 18.5 Å². The van der Waals surface area contributed by atoms with Gasteiger partial charge in [-0.1, -0.05) is 29.8 Å². The van der Waals surface area contributed by atoms with Gasteiger partial charge < -0.3 is 14.4 Å². The smallest absolute Gasteiger partial charge is 0.236 e. The maximum Gasteiger partial charge on any atom is 0.236 e. The van der Waals surface area contributed by atoms with E-state index in [1.165, 1.54) is 0 Å². The number of carbonyl (C=O) groups excluding carboxylic acids is 1. The first-order valence-electron chi connectivity index (χ1n) is 6.61.